The Morgan fingerprint density at radius 2 is 2.15 bits per heavy atom. The Balaban J connectivity index is 2.86. The lowest BCUT2D eigenvalue weighted by molar-refractivity contribution is 0.0635. The van der Waals surface area contributed by atoms with Crippen LogP contribution in [0.3, 0.4) is 0 Å². The standard InChI is InChI=1S/C12H18ClN3O3S/c1-5-6-20-10-15-8(13)7(9(17)16-10)14-11(18)19-12(2,3)4/h5-6H2,1-4H3,(H,14,18)(H,15,16,17). The van der Waals surface area contributed by atoms with Crippen LogP contribution < -0.4 is 10.9 Å². The quantitative estimate of drug-likeness (QED) is 0.505. The van der Waals surface area contributed by atoms with E-state index >= 15 is 0 Å². The summed E-state index contributed by atoms with van der Waals surface area (Å²) in [6, 6.07) is 0. The van der Waals surface area contributed by atoms with Crippen molar-refractivity contribution >= 4 is 35.1 Å². The number of carbonyl (C=O) groups is 1. The molecule has 0 radical (unpaired) electrons. The van der Waals surface area contributed by atoms with E-state index in [1.54, 1.807) is 20.8 Å². The van der Waals surface area contributed by atoms with Gasteiger partial charge in [0.2, 0.25) is 0 Å². The highest BCUT2D eigenvalue weighted by molar-refractivity contribution is 7.99. The van der Waals surface area contributed by atoms with Crippen molar-refractivity contribution in [3.05, 3.63) is 15.5 Å². The summed E-state index contributed by atoms with van der Waals surface area (Å²) in [5, 5.41) is 2.68. The molecule has 0 aliphatic carbocycles. The van der Waals surface area contributed by atoms with Crippen molar-refractivity contribution in [2.75, 3.05) is 11.1 Å². The van der Waals surface area contributed by atoms with Gasteiger partial charge in [0.25, 0.3) is 5.56 Å². The van der Waals surface area contributed by atoms with Crippen molar-refractivity contribution in [1.29, 1.82) is 0 Å². The van der Waals surface area contributed by atoms with Crippen LogP contribution in [0.25, 0.3) is 0 Å². The summed E-state index contributed by atoms with van der Waals surface area (Å²) in [5.41, 5.74) is -1.27. The predicted molar refractivity (Wildman–Crippen MR) is 80.7 cm³/mol. The van der Waals surface area contributed by atoms with Gasteiger partial charge in [-0.05, 0) is 27.2 Å². The Labute approximate surface area is 126 Å². The number of rotatable bonds is 4. The van der Waals surface area contributed by atoms with Crippen molar-refractivity contribution in [2.45, 2.75) is 44.9 Å². The molecule has 20 heavy (non-hydrogen) atoms. The molecule has 0 bridgehead atoms. The Kier molecular flexibility index (Phi) is 5.88. The van der Waals surface area contributed by atoms with Gasteiger partial charge in [0.1, 0.15) is 11.3 Å². The Hall–Kier alpha value is -1.21. The van der Waals surface area contributed by atoms with Crippen LogP contribution in [-0.2, 0) is 4.74 Å². The first-order chi connectivity index (χ1) is 9.23. The van der Waals surface area contributed by atoms with E-state index in [1.165, 1.54) is 11.8 Å². The van der Waals surface area contributed by atoms with E-state index in [0.29, 0.717) is 5.16 Å². The maximum Gasteiger partial charge on any atom is 0.412 e. The minimum absolute atomic E-state index is 0.0572. The number of halogens is 1. The smallest absolute Gasteiger partial charge is 0.412 e. The highest BCUT2D eigenvalue weighted by Crippen LogP contribution is 2.20. The van der Waals surface area contributed by atoms with Crippen LogP contribution in [0, 0.1) is 0 Å². The number of hydrogen-bond acceptors (Lipinski definition) is 5. The van der Waals surface area contributed by atoms with Gasteiger partial charge >= 0.3 is 6.09 Å². The average molecular weight is 320 g/mol. The highest BCUT2D eigenvalue weighted by atomic mass is 35.5. The fraction of sp³-hybridized carbons (Fsp3) is 0.583. The van der Waals surface area contributed by atoms with Crippen LogP contribution >= 0.6 is 23.4 Å². The molecule has 8 heteroatoms. The van der Waals surface area contributed by atoms with Crippen LogP contribution in [0.15, 0.2) is 9.95 Å². The van der Waals surface area contributed by atoms with Gasteiger partial charge in [0.05, 0.1) is 0 Å². The Bertz CT molecular complexity index is 540. The molecule has 2 N–H and O–H groups in total. The third kappa shape index (κ3) is 5.42. The van der Waals surface area contributed by atoms with Crippen LogP contribution in [0.5, 0.6) is 0 Å². The summed E-state index contributed by atoms with van der Waals surface area (Å²) in [6.07, 6.45) is 0.199. The molecule has 1 amide bonds. The second-order valence-electron chi connectivity index (χ2n) is 5.01. The van der Waals surface area contributed by atoms with Crippen LogP contribution in [-0.4, -0.2) is 27.4 Å². The van der Waals surface area contributed by atoms with Gasteiger partial charge in [-0.1, -0.05) is 30.3 Å². The topological polar surface area (TPSA) is 84.1 Å². The first-order valence-electron chi connectivity index (χ1n) is 6.15. The molecule has 0 aliphatic heterocycles. The molecule has 0 unspecified atom stereocenters. The van der Waals surface area contributed by atoms with E-state index in [1.807, 2.05) is 6.92 Å². The van der Waals surface area contributed by atoms with E-state index in [0.717, 1.165) is 12.2 Å². The Morgan fingerprint density at radius 1 is 1.50 bits per heavy atom. The minimum Gasteiger partial charge on any atom is -0.444 e. The highest BCUT2D eigenvalue weighted by Gasteiger charge is 2.19. The van der Waals surface area contributed by atoms with Crippen LogP contribution in [0.4, 0.5) is 10.5 Å². The van der Waals surface area contributed by atoms with E-state index in [2.05, 4.69) is 15.3 Å². The summed E-state index contributed by atoms with van der Waals surface area (Å²) in [6.45, 7) is 7.19. The molecule has 1 rings (SSSR count). The van der Waals surface area contributed by atoms with Gasteiger partial charge in [-0.15, -0.1) is 0 Å². The zero-order chi connectivity index (χ0) is 15.3. The molecule has 1 heterocycles. The van der Waals surface area contributed by atoms with E-state index < -0.39 is 17.3 Å². The molecule has 0 spiro atoms. The average Bonchev–Trinajstić information content (AvgIpc) is 2.29. The van der Waals surface area contributed by atoms with Crippen LogP contribution in [0.1, 0.15) is 34.1 Å². The molecule has 6 nitrogen and oxygen atoms in total. The molecular formula is C12H18ClN3O3S. The first-order valence-corrected chi connectivity index (χ1v) is 7.52. The maximum atomic E-state index is 11.9. The second kappa shape index (κ2) is 6.99. The summed E-state index contributed by atoms with van der Waals surface area (Å²) >= 11 is 7.31. The number of H-pyrrole nitrogens is 1. The normalized spacial score (nSPS) is 11.2. The van der Waals surface area contributed by atoms with Crippen molar-refractivity contribution in [2.24, 2.45) is 0 Å². The van der Waals surface area contributed by atoms with Crippen molar-refractivity contribution in [3.63, 3.8) is 0 Å². The Morgan fingerprint density at radius 3 is 2.65 bits per heavy atom. The molecule has 1 aromatic heterocycles. The van der Waals surface area contributed by atoms with E-state index in [4.69, 9.17) is 16.3 Å². The number of anilines is 1. The van der Waals surface area contributed by atoms with Gasteiger partial charge in [0, 0.05) is 5.75 Å². The first kappa shape index (κ1) is 16.8. The monoisotopic (exact) mass is 319 g/mol. The van der Waals surface area contributed by atoms with Gasteiger partial charge in [-0.3, -0.25) is 15.1 Å². The zero-order valence-corrected chi connectivity index (χ0v) is 13.4. The number of aromatic nitrogens is 2. The number of hydrogen-bond donors (Lipinski definition) is 2. The molecule has 0 fully saturated rings. The fourth-order valence-electron chi connectivity index (χ4n) is 1.21. The predicted octanol–water partition coefficient (Wildman–Crippen LogP) is 3.27. The number of aromatic amines is 1. The van der Waals surface area contributed by atoms with Crippen molar-refractivity contribution in [1.82, 2.24) is 9.97 Å². The largest absolute Gasteiger partial charge is 0.444 e. The summed E-state index contributed by atoms with van der Waals surface area (Å²) in [7, 11) is 0. The molecule has 0 saturated carbocycles. The number of thioether (sulfide) groups is 1. The molecule has 0 aromatic carbocycles. The van der Waals surface area contributed by atoms with Crippen molar-refractivity contribution < 1.29 is 9.53 Å². The minimum atomic E-state index is -0.749. The maximum absolute atomic E-state index is 11.9. The van der Waals surface area contributed by atoms with Crippen molar-refractivity contribution in [3.8, 4) is 0 Å². The molecule has 1 aromatic rings. The lowest BCUT2D eigenvalue weighted by Crippen LogP contribution is -2.29. The molecular weight excluding hydrogens is 302 g/mol. The lowest BCUT2D eigenvalue weighted by Gasteiger charge is -2.19. The molecule has 0 atom stereocenters. The summed E-state index contributed by atoms with van der Waals surface area (Å²) in [4.78, 5) is 30.1. The molecule has 0 aliphatic rings. The number of ether oxygens (including phenoxy) is 1. The van der Waals surface area contributed by atoms with Crippen LogP contribution in [0.2, 0.25) is 5.15 Å². The molecule has 0 saturated heterocycles. The van der Waals surface area contributed by atoms with Gasteiger partial charge in [0.15, 0.2) is 10.3 Å². The zero-order valence-electron chi connectivity index (χ0n) is 11.9. The van der Waals surface area contributed by atoms with Gasteiger partial charge in [-0.2, -0.15) is 0 Å². The number of nitrogens with zero attached hydrogens (tertiary/aromatic N) is 1. The summed E-state index contributed by atoms with van der Waals surface area (Å²) in [5.74, 6) is 0.818. The molecule has 112 valence electrons. The fourth-order valence-corrected chi connectivity index (χ4v) is 2.19. The van der Waals surface area contributed by atoms with Gasteiger partial charge < -0.3 is 4.74 Å². The van der Waals surface area contributed by atoms with E-state index in [9.17, 15) is 9.59 Å². The number of nitrogens with one attached hydrogen (secondary N) is 2. The van der Waals surface area contributed by atoms with Gasteiger partial charge in [-0.25, -0.2) is 9.78 Å². The summed E-state index contributed by atoms with van der Waals surface area (Å²) < 4.78 is 5.05. The second-order valence-corrected chi connectivity index (χ2v) is 6.45. The third-order valence-electron chi connectivity index (χ3n) is 1.92. The number of amides is 1. The van der Waals surface area contributed by atoms with E-state index in [-0.39, 0.29) is 10.8 Å². The third-order valence-corrected chi connectivity index (χ3v) is 3.28. The SMILES string of the molecule is CCCSc1nc(Cl)c(NC(=O)OC(C)(C)C)c(=O)[nH]1. The lowest BCUT2D eigenvalue weighted by atomic mass is 10.2. The number of carbonyl (C=O) groups excluding carboxylic acids is 1.